The molecule has 2 heterocycles. The molecule has 0 aliphatic heterocycles. The van der Waals surface area contributed by atoms with E-state index in [2.05, 4.69) is 20.0 Å². The second-order valence-electron chi connectivity index (χ2n) is 7.46. The van der Waals surface area contributed by atoms with Crippen LogP contribution in [-0.4, -0.2) is 24.3 Å². The van der Waals surface area contributed by atoms with E-state index in [9.17, 15) is 13.2 Å². The molecule has 0 fully saturated rings. The molecule has 0 saturated carbocycles. The maximum absolute atomic E-state index is 12.7. The number of pyridine rings is 1. The fraction of sp³-hybridized carbons (Fsp3) is 0.125. The molecular formula is C24H21ClN4O4S. The van der Waals surface area contributed by atoms with E-state index in [-0.39, 0.29) is 29.2 Å². The van der Waals surface area contributed by atoms with E-state index in [1.54, 1.807) is 61.5 Å². The van der Waals surface area contributed by atoms with Gasteiger partial charge in [0.15, 0.2) is 0 Å². The molecule has 8 nitrogen and oxygen atoms in total. The third-order valence-corrected chi connectivity index (χ3v) is 6.37. The number of para-hydroxylation sites is 1. The van der Waals surface area contributed by atoms with Crippen LogP contribution in [0.25, 0.3) is 11.5 Å². The molecule has 0 saturated heterocycles. The first kappa shape index (κ1) is 23.5. The molecule has 34 heavy (non-hydrogen) atoms. The fourth-order valence-corrected chi connectivity index (χ4v) is 4.66. The van der Waals surface area contributed by atoms with Crippen LogP contribution in [0.1, 0.15) is 27.4 Å². The molecule has 2 aromatic carbocycles. The molecule has 0 spiro atoms. The van der Waals surface area contributed by atoms with Gasteiger partial charge in [0.1, 0.15) is 16.6 Å². The highest BCUT2D eigenvalue weighted by Gasteiger charge is 2.19. The van der Waals surface area contributed by atoms with Gasteiger partial charge in [-0.3, -0.25) is 9.52 Å². The number of halogens is 1. The number of sulfonamides is 1. The van der Waals surface area contributed by atoms with Crippen LogP contribution >= 0.6 is 11.6 Å². The summed E-state index contributed by atoms with van der Waals surface area (Å²) < 4.78 is 33.9. The number of hydrogen-bond donors (Lipinski definition) is 2. The van der Waals surface area contributed by atoms with Gasteiger partial charge in [0.2, 0.25) is 15.9 Å². The molecular weight excluding hydrogens is 476 g/mol. The van der Waals surface area contributed by atoms with Crippen molar-refractivity contribution in [2.24, 2.45) is 0 Å². The Kier molecular flexibility index (Phi) is 6.95. The number of rotatable bonds is 8. The first-order chi connectivity index (χ1) is 16.3. The molecule has 0 unspecified atom stereocenters. The summed E-state index contributed by atoms with van der Waals surface area (Å²) in [4.78, 5) is 20.7. The van der Waals surface area contributed by atoms with Gasteiger partial charge in [-0.1, -0.05) is 54.1 Å². The molecule has 10 heteroatoms. The smallest absolute Gasteiger partial charge is 0.251 e. The highest BCUT2D eigenvalue weighted by Crippen LogP contribution is 2.30. The van der Waals surface area contributed by atoms with Gasteiger partial charge in [0, 0.05) is 11.8 Å². The predicted octanol–water partition coefficient (Wildman–Crippen LogP) is 4.57. The minimum absolute atomic E-state index is 0.121. The van der Waals surface area contributed by atoms with Crippen molar-refractivity contribution in [3.63, 3.8) is 0 Å². The average molecular weight is 497 g/mol. The van der Waals surface area contributed by atoms with Crippen LogP contribution < -0.4 is 10.0 Å². The highest BCUT2D eigenvalue weighted by molar-refractivity contribution is 7.91. The fourth-order valence-electron chi connectivity index (χ4n) is 3.27. The number of oxazole rings is 1. The van der Waals surface area contributed by atoms with Crippen molar-refractivity contribution in [1.29, 1.82) is 0 Å². The zero-order valence-corrected chi connectivity index (χ0v) is 19.7. The number of nitrogens with zero attached hydrogens (tertiary/aromatic N) is 2. The van der Waals surface area contributed by atoms with E-state index < -0.39 is 10.0 Å². The zero-order valence-electron chi connectivity index (χ0n) is 18.2. The van der Waals surface area contributed by atoms with Gasteiger partial charge < -0.3 is 9.73 Å². The van der Waals surface area contributed by atoms with Crippen molar-refractivity contribution in [2.45, 2.75) is 19.2 Å². The SMILES string of the molecule is Cc1oc(-c2ccccc2NS(=O)(=O)Cc2ccccc2)nc1CNC(=O)c1ccnc(Cl)c1. The number of aromatic nitrogens is 2. The lowest BCUT2D eigenvalue weighted by molar-refractivity contribution is 0.0950. The molecule has 0 radical (unpaired) electrons. The van der Waals surface area contributed by atoms with Gasteiger partial charge in [-0.15, -0.1) is 0 Å². The summed E-state index contributed by atoms with van der Waals surface area (Å²) in [5.41, 5.74) is 2.40. The lowest BCUT2D eigenvalue weighted by Gasteiger charge is -2.11. The summed E-state index contributed by atoms with van der Waals surface area (Å²) in [6.07, 6.45) is 1.45. The van der Waals surface area contributed by atoms with Crippen molar-refractivity contribution in [1.82, 2.24) is 15.3 Å². The number of nitrogens with one attached hydrogen (secondary N) is 2. The monoisotopic (exact) mass is 496 g/mol. The number of anilines is 1. The first-order valence-corrected chi connectivity index (χ1v) is 12.3. The maximum atomic E-state index is 12.7. The molecule has 0 atom stereocenters. The van der Waals surface area contributed by atoms with Crippen LogP contribution in [-0.2, 0) is 22.3 Å². The quantitative estimate of drug-likeness (QED) is 0.345. The van der Waals surface area contributed by atoms with Crippen molar-refractivity contribution in [2.75, 3.05) is 4.72 Å². The Labute approximate surface area is 202 Å². The van der Waals surface area contributed by atoms with E-state index >= 15 is 0 Å². The lowest BCUT2D eigenvalue weighted by atomic mass is 10.2. The average Bonchev–Trinajstić information content (AvgIpc) is 3.18. The molecule has 4 rings (SSSR count). The van der Waals surface area contributed by atoms with E-state index in [4.69, 9.17) is 16.0 Å². The normalized spacial score (nSPS) is 11.2. The second-order valence-corrected chi connectivity index (χ2v) is 9.57. The summed E-state index contributed by atoms with van der Waals surface area (Å²) in [6, 6.07) is 18.8. The first-order valence-electron chi connectivity index (χ1n) is 10.3. The summed E-state index contributed by atoms with van der Waals surface area (Å²) in [5, 5.41) is 2.99. The summed E-state index contributed by atoms with van der Waals surface area (Å²) >= 11 is 5.84. The van der Waals surface area contributed by atoms with Crippen LogP contribution in [0.3, 0.4) is 0 Å². The minimum Gasteiger partial charge on any atom is -0.441 e. The van der Waals surface area contributed by atoms with Gasteiger partial charge in [-0.05, 0) is 36.8 Å². The Morgan fingerprint density at radius 1 is 1.06 bits per heavy atom. The van der Waals surface area contributed by atoms with Crippen LogP contribution in [0.15, 0.2) is 77.3 Å². The summed E-state index contributed by atoms with van der Waals surface area (Å²) in [5.74, 6) is 0.252. The van der Waals surface area contributed by atoms with Crippen molar-refractivity contribution >= 4 is 33.2 Å². The molecule has 0 bridgehead atoms. The third kappa shape index (κ3) is 5.81. The predicted molar refractivity (Wildman–Crippen MR) is 130 cm³/mol. The summed E-state index contributed by atoms with van der Waals surface area (Å²) in [7, 11) is -3.67. The van der Waals surface area contributed by atoms with Crippen LogP contribution in [0.4, 0.5) is 5.69 Å². The lowest BCUT2D eigenvalue weighted by Crippen LogP contribution is -2.23. The van der Waals surface area contributed by atoms with Gasteiger partial charge >= 0.3 is 0 Å². The van der Waals surface area contributed by atoms with Gasteiger partial charge in [0.25, 0.3) is 5.91 Å². The Morgan fingerprint density at radius 3 is 2.56 bits per heavy atom. The number of amides is 1. The molecule has 0 aliphatic rings. The van der Waals surface area contributed by atoms with E-state index in [0.717, 1.165) is 0 Å². The second kappa shape index (κ2) is 10.1. The Bertz CT molecular complexity index is 1420. The highest BCUT2D eigenvalue weighted by atomic mass is 35.5. The van der Waals surface area contributed by atoms with Crippen molar-refractivity contribution in [3.05, 3.63) is 101 Å². The number of benzene rings is 2. The zero-order chi connectivity index (χ0) is 24.1. The minimum atomic E-state index is -3.67. The third-order valence-electron chi connectivity index (χ3n) is 4.92. The van der Waals surface area contributed by atoms with Crippen LogP contribution in [0.5, 0.6) is 0 Å². The Morgan fingerprint density at radius 2 is 1.79 bits per heavy atom. The Hall–Kier alpha value is -3.69. The largest absolute Gasteiger partial charge is 0.441 e. The van der Waals surface area contributed by atoms with Gasteiger partial charge in [-0.25, -0.2) is 18.4 Å². The van der Waals surface area contributed by atoms with Crippen molar-refractivity contribution < 1.29 is 17.6 Å². The van der Waals surface area contributed by atoms with Gasteiger partial charge in [0.05, 0.1) is 23.5 Å². The number of aryl methyl sites for hydroxylation is 1. The molecule has 1 amide bonds. The van der Waals surface area contributed by atoms with E-state index in [1.165, 1.54) is 12.3 Å². The molecule has 2 N–H and O–H groups in total. The topological polar surface area (TPSA) is 114 Å². The maximum Gasteiger partial charge on any atom is 0.251 e. The standard InChI is InChI=1S/C24H21ClN4O4S/c1-16-21(14-27-23(30)18-11-12-26-22(25)13-18)28-24(33-16)19-9-5-6-10-20(19)29-34(31,32)15-17-7-3-2-4-8-17/h2-13,29H,14-15H2,1H3,(H,27,30). The van der Waals surface area contributed by atoms with Crippen LogP contribution in [0, 0.1) is 6.92 Å². The molecule has 0 aliphatic carbocycles. The number of carbonyl (C=O) groups is 1. The molecule has 4 aromatic rings. The van der Waals surface area contributed by atoms with Crippen LogP contribution in [0.2, 0.25) is 5.15 Å². The Balaban J connectivity index is 1.51. The molecule has 2 aromatic heterocycles. The van der Waals surface area contributed by atoms with Crippen molar-refractivity contribution in [3.8, 4) is 11.5 Å². The molecule has 174 valence electrons. The summed E-state index contributed by atoms with van der Waals surface area (Å²) in [6.45, 7) is 1.85. The number of carbonyl (C=O) groups excluding carboxylic acids is 1. The van der Waals surface area contributed by atoms with E-state index in [0.29, 0.717) is 33.8 Å². The van der Waals surface area contributed by atoms with E-state index in [1.807, 2.05) is 6.07 Å². The number of hydrogen-bond acceptors (Lipinski definition) is 6. The van der Waals surface area contributed by atoms with Gasteiger partial charge in [-0.2, -0.15) is 0 Å².